The zero-order valence-electron chi connectivity index (χ0n) is 19.9. The largest absolute Gasteiger partial charge is 0.361 e. The highest BCUT2D eigenvalue weighted by Crippen LogP contribution is 2.46. The average Bonchev–Trinajstić information content (AvgIpc) is 3.81. The first-order valence-corrected chi connectivity index (χ1v) is 13.0. The van der Waals surface area contributed by atoms with E-state index in [1.54, 1.807) is 0 Å². The summed E-state index contributed by atoms with van der Waals surface area (Å²) in [6.45, 7) is 2.28. The lowest BCUT2D eigenvalue weighted by Gasteiger charge is -2.35. The Hall–Kier alpha value is -3.41. The molecular weight excluding hydrogens is 436 g/mol. The number of likely N-dealkylation sites (tertiary alicyclic amines) is 1. The molecule has 2 aliphatic heterocycles. The summed E-state index contributed by atoms with van der Waals surface area (Å²) in [5.41, 5.74) is 3.93. The molecule has 1 saturated heterocycles. The first kappa shape index (κ1) is 20.9. The smallest absolute Gasteiger partial charge is 0.256 e. The quantitative estimate of drug-likeness (QED) is 0.597. The van der Waals surface area contributed by atoms with Gasteiger partial charge in [0, 0.05) is 42.8 Å². The lowest BCUT2D eigenvalue weighted by molar-refractivity contribution is -0.134. The molecule has 6 nitrogen and oxygen atoms in total. The van der Waals surface area contributed by atoms with Crippen LogP contribution in [0.25, 0.3) is 22.0 Å². The summed E-state index contributed by atoms with van der Waals surface area (Å²) in [5.74, 6) is 1.85. The van der Waals surface area contributed by atoms with Crippen molar-refractivity contribution in [3.8, 4) is 11.1 Å². The third-order valence-corrected chi connectivity index (χ3v) is 8.17. The van der Waals surface area contributed by atoms with E-state index in [0.29, 0.717) is 18.4 Å². The molecule has 2 aliphatic carbocycles. The van der Waals surface area contributed by atoms with Gasteiger partial charge in [0.2, 0.25) is 5.91 Å². The lowest BCUT2D eigenvalue weighted by atomic mass is 9.96. The molecule has 7 rings (SSSR count). The molecule has 35 heavy (non-hydrogen) atoms. The second-order valence-corrected chi connectivity index (χ2v) is 10.8. The Morgan fingerprint density at radius 2 is 1.77 bits per heavy atom. The fourth-order valence-electron chi connectivity index (χ4n) is 5.80. The van der Waals surface area contributed by atoms with Crippen molar-refractivity contribution in [3.63, 3.8) is 0 Å². The van der Waals surface area contributed by atoms with E-state index in [0.717, 1.165) is 74.1 Å². The molecule has 2 saturated carbocycles. The highest BCUT2D eigenvalue weighted by atomic mass is 16.2. The summed E-state index contributed by atoms with van der Waals surface area (Å²) >= 11 is 0. The molecule has 178 valence electrons. The van der Waals surface area contributed by atoms with Crippen LogP contribution >= 0.6 is 0 Å². The molecule has 2 amide bonds. The standard InChI is InChI=1S/C29H30N4O2/c34-27(22-7-8-22)32-15-1-2-19(17-32)18-33-26(31-29(12-13-29)28(33)35)21-5-3-20(4-6-21)23-9-10-25-24(16-23)11-14-30-25/h3-6,9-11,14,16,19,22,30H,1-2,7-8,12-13,15,17-18H2/t19-/m1/s1. The molecule has 6 heteroatoms. The molecule has 4 aliphatic rings. The van der Waals surface area contributed by atoms with E-state index in [2.05, 4.69) is 53.5 Å². The van der Waals surface area contributed by atoms with Crippen LogP contribution in [0.4, 0.5) is 0 Å². The Kier molecular flexibility index (Phi) is 4.66. The fraction of sp³-hybridized carbons (Fsp3) is 0.414. The number of aromatic amines is 1. The van der Waals surface area contributed by atoms with E-state index < -0.39 is 5.54 Å². The van der Waals surface area contributed by atoms with Crippen LogP contribution in [0, 0.1) is 11.8 Å². The van der Waals surface area contributed by atoms with Crippen molar-refractivity contribution < 1.29 is 9.59 Å². The zero-order valence-corrected chi connectivity index (χ0v) is 19.9. The van der Waals surface area contributed by atoms with Crippen molar-refractivity contribution in [3.05, 3.63) is 60.3 Å². The predicted octanol–water partition coefficient (Wildman–Crippen LogP) is 4.60. The number of piperidine rings is 1. The number of nitrogens with one attached hydrogen (secondary N) is 1. The number of hydrogen-bond acceptors (Lipinski definition) is 3. The minimum Gasteiger partial charge on any atom is -0.361 e. The number of fused-ring (bicyclic) bond motifs is 1. The second kappa shape index (κ2) is 7.80. The van der Waals surface area contributed by atoms with Crippen LogP contribution in [0.5, 0.6) is 0 Å². The van der Waals surface area contributed by atoms with E-state index in [1.165, 1.54) is 10.9 Å². The van der Waals surface area contributed by atoms with Crippen LogP contribution in [-0.4, -0.2) is 57.6 Å². The van der Waals surface area contributed by atoms with Crippen molar-refractivity contribution in [2.45, 2.75) is 44.1 Å². The molecule has 1 spiro atoms. The van der Waals surface area contributed by atoms with Crippen LogP contribution < -0.4 is 0 Å². The van der Waals surface area contributed by atoms with Gasteiger partial charge in [-0.1, -0.05) is 30.3 Å². The SMILES string of the molecule is O=C(C1CC1)N1CCC[C@@H](CN2C(=O)C3(CC3)N=C2c2ccc(-c3ccc4[nH]ccc4c3)cc2)C1. The minimum absolute atomic E-state index is 0.153. The molecule has 0 radical (unpaired) electrons. The van der Waals surface area contributed by atoms with Gasteiger partial charge in [-0.15, -0.1) is 0 Å². The monoisotopic (exact) mass is 466 g/mol. The summed E-state index contributed by atoms with van der Waals surface area (Å²) < 4.78 is 0. The number of hydrogen-bond donors (Lipinski definition) is 1. The lowest BCUT2D eigenvalue weighted by Crippen LogP contribution is -2.46. The number of amides is 2. The first-order valence-electron chi connectivity index (χ1n) is 13.0. The summed E-state index contributed by atoms with van der Waals surface area (Å²) in [5, 5.41) is 1.20. The van der Waals surface area contributed by atoms with Gasteiger partial charge < -0.3 is 9.88 Å². The highest BCUT2D eigenvalue weighted by Gasteiger charge is 2.57. The number of amidine groups is 1. The minimum atomic E-state index is -0.522. The van der Waals surface area contributed by atoms with Gasteiger partial charge in [0.05, 0.1) is 0 Å². The summed E-state index contributed by atoms with van der Waals surface area (Å²) in [4.78, 5) is 38.2. The maximum atomic E-state index is 13.4. The highest BCUT2D eigenvalue weighted by molar-refractivity contribution is 6.16. The third kappa shape index (κ3) is 3.67. The topological polar surface area (TPSA) is 68.8 Å². The molecular formula is C29H30N4O2. The number of aliphatic imine (C=N–C) groups is 1. The van der Waals surface area contributed by atoms with Crippen LogP contribution in [0.2, 0.25) is 0 Å². The predicted molar refractivity (Wildman–Crippen MR) is 136 cm³/mol. The van der Waals surface area contributed by atoms with Gasteiger partial charge in [-0.2, -0.15) is 0 Å². The van der Waals surface area contributed by atoms with Crippen molar-refractivity contribution in [1.82, 2.24) is 14.8 Å². The van der Waals surface area contributed by atoms with E-state index in [4.69, 9.17) is 4.99 Å². The summed E-state index contributed by atoms with van der Waals surface area (Å²) in [6, 6.07) is 17.0. The average molecular weight is 467 g/mol. The van der Waals surface area contributed by atoms with Gasteiger partial charge in [0.25, 0.3) is 5.91 Å². The number of rotatable bonds is 5. The van der Waals surface area contributed by atoms with Crippen LogP contribution in [0.3, 0.4) is 0 Å². The van der Waals surface area contributed by atoms with Gasteiger partial charge >= 0.3 is 0 Å². The second-order valence-electron chi connectivity index (χ2n) is 10.8. The van der Waals surface area contributed by atoms with Gasteiger partial charge in [-0.05, 0) is 79.2 Å². The normalized spacial score (nSPS) is 23.3. The maximum absolute atomic E-state index is 13.4. The number of aromatic nitrogens is 1. The Bertz CT molecular complexity index is 1350. The number of H-pyrrole nitrogens is 1. The van der Waals surface area contributed by atoms with Gasteiger partial charge in [0.1, 0.15) is 11.4 Å². The van der Waals surface area contributed by atoms with Gasteiger partial charge in [-0.3, -0.25) is 19.5 Å². The first-order chi connectivity index (χ1) is 17.1. The summed E-state index contributed by atoms with van der Waals surface area (Å²) in [7, 11) is 0. The molecule has 1 aromatic heterocycles. The van der Waals surface area contributed by atoms with Crippen LogP contribution in [0.1, 0.15) is 44.1 Å². The molecule has 1 atom stereocenters. The number of benzene rings is 2. The summed E-state index contributed by atoms with van der Waals surface area (Å²) in [6.07, 6.45) is 7.80. The van der Waals surface area contributed by atoms with Crippen LogP contribution in [0.15, 0.2) is 59.7 Å². The number of carbonyl (C=O) groups is 2. The Morgan fingerprint density at radius 3 is 2.54 bits per heavy atom. The van der Waals surface area contributed by atoms with E-state index >= 15 is 0 Å². The van der Waals surface area contributed by atoms with Crippen molar-refractivity contribution in [1.29, 1.82) is 0 Å². The van der Waals surface area contributed by atoms with Crippen molar-refractivity contribution in [2.75, 3.05) is 19.6 Å². The molecule has 0 unspecified atom stereocenters. The van der Waals surface area contributed by atoms with Gasteiger partial charge in [-0.25, -0.2) is 0 Å². The van der Waals surface area contributed by atoms with Gasteiger partial charge in [0.15, 0.2) is 0 Å². The molecule has 0 bridgehead atoms. The third-order valence-electron chi connectivity index (χ3n) is 8.17. The maximum Gasteiger partial charge on any atom is 0.256 e. The molecule has 3 aromatic rings. The van der Waals surface area contributed by atoms with E-state index in [1.807, 2.05) is 16.0 Å². The Labute approximate surface area is 205 Å². The van der Waals surface area contributed by atoms with Crippen LogP contribution in [-0.2, 0) is 9.59 Å². The molecule has 1 N–H and O–H groups in total. The molecule has 2 aromatic carbocycles. The van der Waals surface area contributed by atoms with E-state index in [9.17, 15) is 9.59 Å². The molecule has 3 heterocycles. The number of carbonyl (C=O) groups excluding carboxylic acids is 2. The van der Waals surface area contributed by atoms with Crippen molar-refractivity contribution in [2.24, 2.45) is 16.8 Å². The Morgan fingerprint density at radius 1 is 1.00 bits per heavy atom. The molecule has 3 fully saturated rings. The van der Waals surface area contributed by atoms with Crippen molar-refractivity contribution >= 4 is 28.6 Å². The Balaban J connectivity index is 1.12. The fourth-order valence-corrected chi connectivity index (χ4v) is 5.80. The zero-order chi connectivity index (χ0) is 23.6. The number of nitrogens with zero attached hydrogens (tertiary/aromatic N) is 3. The van der Waals surface area contributed by atoms with E-state index in [-0.39, 0.29) is 11.8 Å².